The van der Waals surface area contributed by atoms with Gasteiger partial charge in [-0.1, -0.05) is 39.0 Å². The summed E-state index contributed by atoms with van der Waals surface area (Å²) in [6.45, 7) is 7.32. The topological polar surface area (TPSA) is 58.9 Å². The molecule has 2 rings (SSSR count). The Morgan fingerprint density at radius 3 is 2.73 bits per heavy atom. The molecule has 1 aliphatic carbocycles. The van der Waals surface area contributed by atoms with Crippen molar-refractivity contribution in [2.24, 2.45) is 17.8 Å². The predicted molar refractivity (Wildman–Crippen MR) is 85.0 cm³/mol. The normalized spacial score (nSPS) is 36.9. The van der Waals surface area contributed by atoms with Crippen molar-refractivity contribution < 1.29 is 19.7 Å². The molecule has 4 nitrogen and oxygen atoms in total. The second-order valence-corrected chi connectivity index (χ2v) is 7.11. The van der Waals surface area contributed by atoms with Gasteiger partial charge >= 0.3 is 0 Å². The average molecular weight is 310 g/mol. The molecule has 0 bridgehead atoms. The number of ether oxygens (including phenoxy) is 2. The maximum atomic E-state index is 9.64. The van der Waals surface area contributed by atoms with Gasteiger partial charge in [-0.3, -0.25) is 0 Å². The van der Waals surface area contributed by atoms with Gasteiger partial charge in [-0.2, -0.15) is 0 Å². The van der Waals surface area contributed by atoms with Crippen molar-refractivity contribution >= 4 is 0 Å². The standard InChI is InChI=1S/C18H30O4/c1-13(2)17-7-4-14(3)12-18(17)21-11-9-16(22-18)6-5-15(20)8-10-19/h13-17,19-20H,4,7-12H2,1-3H3/t14-,15+,16-,17+,18?/m0/s1. The predicted octanol–water partition coefficient (Wildman–Crippen LogP) is 2.33. The molecule has 126 valence electrons. The minimum Gasteiger partial charge on any atom is -0.396 e. The lowest BCUT2D eigenvalue weighted by molar-refractivity contribution is -0.329. The smallest absolute Gasteiger partial charge is 0.173 e. The SMILES string of the molecule is CC(C)[C@H]1CC[C@H](C)CC12OCC[C@H](C#C[C@@H](O)CCO)O2. The highest BCUT2D eigenvalue weighted by Gasteiger charge is 2.49. The summed E-state index contributed by atoms with van der Waals surface area (Å²) in [5.74, 6) is 6.84. The van der Waals surface area contributed by atoms with Gasteiger partial charge in [-0.15, -0.1) is 0 Å². The molecule has 0 aromatic carbocycles. The molecule has 1 saturated carbocycles. The van der Waals surface area contributed by atoms with Crippen LogP contribution in [0.4, 0.5) is 0 Å². The zero-order chi connectivity index (χ0) is 16.2. The summed E-state index contributed by atoms with van der Waals surface area (Å²) in [6, 6.07) is 0. The lowest BCUT2D eigenvalue weighted by Crippen LogP contribution is -2.54. The van der Waals surface area contributed by atoms with Crippen molar-refractivity contribution in [2.75, 3.05) is 13.2 Å². The van der Waals surface area contributed by atoms with E-state index in [1.165, 1.54) is 6.42 Å². The summed E-state index contributed by atoms with van der Waals surface area (Å²) >= 11 is 0. The van der Waals surface area contributed by atoms with E-state index in [1.54, 1.807) is 0 Å². The molecule has 1 heterocycles. The Hall–Kier alpha value is -0.600. The van der Waals surface area contributed by atoms with Gasteiger partial charge in [0, 0.05) is 31.8 Å². The lowest BCUT2D eigenvalue weighted by Gasteiger charge is -2.50. The van der Waals surface area contributed by atoms with Crippen LogP contribution < -0.4 is 0 Å². The number of rotatable bonds is 3. The minimum absolute atomic E-state index is 0.0542. The minimum atomic E-state index is -0.779. The fourth-order valence-corrected chi connectivity index (χ4v) is 3.72. The monoisotopic (exact) mass is 310 g/mol. The summed E-state index contributed by atoms with van der Waals surface area (Å²) < 4.78 is 12.5. The summed E-state index contributed by atoms with van der Waals surface area (Å²) in [4.78, 5) is 0. The van der Waals surface area contributed by atoms with Crippen LogP contribution in [0.1, 0.15) is 52.9 Å². The average Bonchev–Trinajstić information content (AvgIpc) is 2.45. The zero-order valence-electron chi connectivity index (χ0n) is 14.0. The van der Waals surface area contributed by atoms with Crippen molar-refractivity contribution in [3.63, 3.8) is 0 Å². The second-order valence-electron chi connectivity index (χ2n) is 7.11. The summed E-state index contributed by atoms with van der Waals surface area (Å²) in [5, 5.41) is 18.5. The Morgan fingerprint density at radius 1 is 1.27 bits per heavy atom. The number of hydrogen-bond donors (Lipinski definition) is 2. The largest absolute Gasteiger partial charge is 0.396 e. The van der Waals surface area contributed by atoms with Crippen LogP contribution in [0.3, 0.4) is 0 Å². The van der Waals surface area contributed by atoms with Crippen LogP contribution in [-0.2, 0) is 9.47 Å². The summed E-state index contributed by atoms with van der Waals surface area (Å²) in [6.07, 6.45) is 3.34. The third kappa shape index (κ3) is 4.23. The van der Waals surface area contributed by atoms with Crippen molar-refractivity contribution in [1.82, 2.24) is 0 Å². The van der Waals surface area contributed by atoms with E-state index >= 15 is 0 Å². The molecule has 2 aliphatic rings. The first-order chi connectivity index (χ1) is 10.5. The van der Waals surface area contributed by atoms with E-state index < -0.39 is 11.9 Å². The fourth-order valence-electron chi connectivity index (χ4n) is 3.72. The van der Waals surface area contributed by atoms with Crippen molar-refractivity contribution in [1.29, 1.82) is 0 Å². The Bertz CT molecular complexity index is 411. The second kappa shape index (κ2) is 7.79. The van der Waals surface area contributed by atoms with Crippen LogP contribution in [0.5, 0.6) is 0 Å². The molecule has 0 amide bonds. The van der Waals surface area contributed by atoms with E-state index in [4.69, 9.17) is 14.6 Å². The highest BCUT2D eigenvalue weighted by molar-refractivity contribution is 5.11. The van der Waals surface area contributed by atoms with Crippen LogP contribution in [0.2, 0.25) is 0 Å². The van der Waals surface area contributed by atoms with Gasteiger partial charge in [0.25, 0.3) is 0 Å². The number of aliphatic hydroxyl groups is 2. The lowest BCUT2D eigenvalue weighted by atomic mass is 9.72. The first kappa shape index (κ1) is 17.7. The molecule has 22 heavy (non-hydrogen) atoms. The van der Waals surface area contributed by atoms with E-state index in [0.717, 1.165) is 19.3 Å². The van der Waals surface area contributed by atoms with Crippen LogP contribution in [0, 0.1) is 29.6 Å². The number of hydrogen-bond acceptors (Lipinski definition) is 4. The molecule has 0 aromatic rings. The van der Waals surface area contributed by atoms with E-state index in [1.807, 2.05) is 0 Å². The Balaban J connectivity index is 2.09. The number of aliphatic hydroxyl groups excluding tert-OH is 2. The van der Waals surface area contributed by atoms with Gasteiger partial charge in [0.15, 0.2) is 5.79 Å². The molecule has 5 atom stereocenters. The molecule has 0 aromatic heterocycles. The van der Waals surface area contributed by atoms with E-state index in [2.05, 4.69) is 32.6 Å². The Kier molecular flexibility index (Phi) is 6.28. The van der Waals surface area contributed by atoms with Gasteiger partial charge in [0.05, 0.1) is 6.61 Å². The molecule has 1 spiro atoms. The molecular weight excluding hydrogens is 280 g/mol. The molecule has 1 saturated heterocycles. The Labute approximate surface area is 134 Å². The molecular formula is C18H30O4. The highest BCUT2D eigenvalue weighted by atomic mass is 16.7. The van der Waals surface area contributed by atoms with E-state index in [0.29, 0.717) is 24.4 Å². The van der Waals surface area contributed by atoms with Crippen LogP contribution >= 0.6 is 0 Å². The zero-order valence-corrected chi connectivity index (χ0v) is 14.0. The van der Waals surface area contributed by atoms with Gasteiger partial charge in [0.1, 0.15) is 12.2 Å². The summed E-state index contributed by atoms with van der Waals surface area (Å²) in [7, 11) is 0. The van der Waals surface area contributed by atoms with Gasteiger partial charge in [-0.25, -0.2) is 0 Å². The van der Waals surface area contributed by atoms with Crippen LogP contribution in [-0.4, -0.2) is 41.4 Å². The van der Waals surface area contributed by atoms with Crippen molar-refractivity contribution in [3.8, 4) is 11.8 Å². The maximum absolute atomic E-state index is 9.64. The van der Waals surface area contributed by atoms with Gasteiger partial charge < -0.3 is 19.7 Å². The van der Waals surface area contributed by atoms with Gasteiger partial charge in [0.2, 0.25) is 0 Å². The molecule has 1 aliphatic heterocycles. The molecule has 2 N–H and O–H groups in total. The molecule has 2 fully saturated rings. The summed E-state index contributed by atoms with van der Waals surface area (Å²) in [5.41, 5.74) is 0. The first-order valence-corrected chi connectivity index (χ1v) is 8.58. The van der Waals surface area contributed by atoms with E-state index in [9.17, 15) is 5.11 Å². The molecule has 4 heteroatoms. The fraction of sp³-hybridized carbons (Fsp3) is 0.889. The highest BCUT2D eigenvalue weighted by Crippen LogP contribution is 2.46. The third-order valence-electron chi connectivity index (χ3n) is 4.85. The van der Waals surface area contributed by atoms with Gasteiger partial charge in [-0.05, 0) is 18.3 Å². The molecule has 1 unspecified atom stereocenters. The maximum Gasteiger partial charge on any atom is 0.173 e. The van der Waals surface area contributed by atoms with E-state index in [-0.39, 0.29) is 19.1 Å². The Morgan fingerprint density at radius 2 is 2.05 bits per heavy atom. The third-order valence-corrected chi connectivity index (χ3v) is 4.85. The quantitative estimate of drug-likeness (QED) is 0.786. The first-order valence-electron chi connectivity index (χ1n) is 8.58. The van der Waals surface area contributed by atoms with Crippen molar-refractivity contribution in [2.45, 2.75) is 70.9 Å². The molecule has 0 radical (unpaired) electrons. The van der Waals surface area contributed by atoms with Crippen LogP contribution in [0.15, 0.2) is 0 Å². The van der Waals surface area contributed by atoms with Crippen molar-refractivity contribution in [3.05, 3.63) is 0 Å². The van der Waals surface area contributed by atoms with Crippen LogP contribution in [0.25, 0.3) is 0 Å².